The van der Waals surface area contributed by atoms with Crippen molar-refractivity contribution in [3.63, 3.8) is 0 Å². The average Bonchev–Trinajstić information content (AvgIpc) is 3.03. The van der Waals surface area contributed by atoms with Gasteiger partial charge < -0.3 is 20.1 Å². The summed E-state index contributed by atoms with van der Waals surface area (Å²) in [5.41, 5.74) is 0.594. The Kier molecular flexibility index (Phi) is 5.26. The number of carbonyl (C=O) groups excluding carboxylic acids is 2. The second-order valence-electron chi connectivity index (χ2n) is 5.70. The number of halogens is 1. The van der Waals surface area contributed by atoms with Gasteiger partial charge in [0.05, 0.1) is 0 Å². The summed E-state index contributed by atoms with van der Waals surface area (Å²) in [5, 5.41) is 4.76. The number of hydrogen-bond donors (Lipinski definition) is 2. The number of carbonyl (C=O) groups is 2. The fourth-order valence-corrected chi connectivity index (χ4v) is 3.40. The van der Waals surface area contributed by atoms with Crippen LogP contribution in [0.2, 0.25) is 0 Å². The standard InChI is InChI=1S/C17H15FN2O6S/c18-11-1-3-12(4-2-11)19-16(21)8-27(23,24)9-17(22)20-13-5-6-14-15(7-13)26-10-25-14/h1-7H,8-10H2,(H,19,21)(H,20,22). The topological polar surface area (TPSA) is 111 Å². The summed E-state index contributed by atoms with van der Waals surface area (Å²) in [4.78, 5) is 23.8. The van der Waals surface area contributed by atoms with Crippen molar-refractivity contribution >= 4 is 33.0 Å². The monoisotopic (exact) mass is 394 g/mol. The molecule has 0 bridgehead atoms. The Bertz CT molecular complexity index is 975. The van der Waals surface area contributed by atoms with Crippen LogP contribution in [0.5, 0.6) is 11.5 Å². The molecule has 8 nitrogen and oxygen atoms in total. The maximum atomic E-state index is 12.8. The Morgan fingerprint density at radius 3 is 2.11 bits per heavy atom. The largest absolute Gasteiger partial charge is 0.454 e. The molecule has 0 unspecified atom stereocenters. The summed E-state index contributed by atoms with van der Waals surface area (Å²) in [6.07, 6.45) is 0. The van der Waals surface area contributed by atoms with Crippen molar-refractivity contribution in [3.05, 3.63) is 48.3 Å². The molecule has 142 valence electrons. The third-order valence-electron chi connectivity index (χ3n) is 3.49. The highest BCUT2D eigenvalue weighted by Gasteiger charge is 2.22. The van der Waals surface area contributed by atoms with Crippen LogP contribution in [0.25, 0.3) is 0 Å². The Balaban J connectivity index is 1.54. The number of benzene rings is 2. The molecule has 2 aromatic carbocycles. The summed E-state index contributed by atoms with van der Waals surface area (Å²) >= 11 is 0. The molecular formula is C17H15FN2O6S. The van der Waals surface area contributed by atoms with E-state index >= 15 is 0 Å². The molecule has 0 saturated heterocycles. The van der Waals surface area contributed by atoms with Crippen molar-refractivity contribution in [3.8, 4) is 11.5 Å². The number of hydrogen-bond acceptors (Lipinski definition) is 6. The van der Waals surface area contributed by atoms with E-state index in [1.54, 1.807) is 12.1 Å². The number of amides is 2. The molecule has 0 radical (unpaired) electrons. The van der Waals surface area contributed by atoms with Gasteiger partial charge in [0.25, 0.3) is 0 Å². The zero-order valence-corrected chi connectivity index (χ0v) is 14.7. The van der Waals surface area contributed by atoms with E-state index in [0.29, 0.717) is 17.2 Å². The molecule has 1 heterocycles. The summed E-state index contributed by atoms with van der Waals surface area (Å²) in [5.74, 6) is -2.87. The first-order valence-corrected chi connectivity index (χ1v) is 9.58. The second-order valence-corrected chi connectivity index (χ2v) is 7.77. The zero-order valence-electron chi connectivity index (χ0n) is 13.9. The summed E-state index contributed by atoms with van der Waals surface area (Å²) in [6, 6.07) is 9.49. The highest BCUT2D eigenvalue weighted by Crippen LogP contribution is 2.34. The average molecular weight is 394 g/mol. The van der Waals surface area contributed by atoms with Crippen molar-refractivity contribution in [2.75, 3.05) is 28.9 Å². The summed E-state index contributed by atoms with van der Waals surface area (Å²) in [6.45, 7) is 0.0737. The first-order chi connectivity index (χ1) is 12.8. The smallest absolute Gasteiger partial charge is 0.239 e. The van der Waals surface area contributed by atoms with Gasteiger partial charge in [-0.15, -0.1) is 0 Å². The molecule has 27 heavy (non-hydrogen) atoms. The molecule has 3 rings (SSSR count). The van der Waals surface area contributed by atoms with Crippen LogP contribution in [0, 0.1) is 5.82 Å². The van der Waals surface area contributed by atoms with Gasteiger partial charge in [0.15, 0.2) is 21.3 Å². The van der Waals surface area contributed by atoms with E-state index < -0.39 is 39.0 Å². The predicted molar refractivity (Wildman–Crippen MR) is 94.9 cm³/mol. The van der Waals surface area contributed by atoms with E-state index in [-0.39, 0.29) is 12.5 Å². The SMILES string of the molecule is O=C(CS(=O)(=O)CC(=O)Nc1ccc2c(c1)OCO2)Nc1ccc(F)cc1. The lowest BCUT2D eigenvalue weighted by atomic mass is 10.3. The van der Waals surface area contributed by atoms with Crippen molar-refractivity contribution in [1.29, 1.82) is 0 Å². The molecule has 0 atom stereocenters. The van der Waals surface area contributed by atoms with Crippen molar-refractivity contribution in [1.82, 2.24) is 0 Å². The molecule has 2 N–H and O–H groups in total. The van der Waals surface area contributed by atoms with Gasteiger partial charge in [0.1, 0.15) is 17.3 Å². The van der Waals surface area contributed by atoms with Crippen molar-refractivity contribution < 1.29 is 31.9 Å². The van der Waals surface area contributed by atoms with Crippen molar-refractivity contribution in [2.45, 2.75) is 0 Å². The fraction of sp³-hybridized carbons (Fsp3) is 0.176. The lowest BCUT2D eigenvalue weighted by Gasteiger charge is -2.08. The van der Waals surface area contributed by atoms with Crippen LogP contribution < -0.4 is 20.1 Å². The van der Waals surface area contributed by atoms with E-state index in [1.165, 1.54) is 18.2 Å². The summed E-state index contributed by atoms with van der Waals surface area (Å²) < 4.78 is 47.2. The number of rotatable bonds is 6. The number of fused-ring (bicyclic) bond motifs is 1. The van der Waals surface area contributed by atoms with Gasteiger partial charge in [-0.3, -0.25) is 9.59 Å². The molecule has 2 amide bonds. The molecule has 10 heteroatoms. The molecule has 0 fully saturated rings. The third kappa shape index (κ3) is 5.17. The summed E-state index contributed by atoms with van der Waals surface area (Å²) in [7, 11) is -3.99. The number of ether oxygens (including phenoxy) is 2. The van der Waals surface area contributed by atoms with Gasteiger partial charge in [-0.25, -0.2) is 12.8 Å². The molecule has 0 spiro atoms. The predicted octanol–water partition coefficient (Wildman–Crippen LogP) is 1.55. The Hall–Kier alpha value is -3.14. The molecule has 1 aliphatic rings. The minimum atomic E-state index is -3.99. The van der Waals surface area contributed by atoms with E-state index in [9.17, 15) is 22.4 Å². The van der Waals surface area contributed by atoms with E-state index in [0.717, 1.165) is 12.1 Å². The van der Waals surface area contributed by atoms with Crippen molar-refractivity contribution in [2.24, 2.45) is 0 Å². The maximum absolute atomic E-state index is 12.8. The zero-order chi connectivity index (χ0) is 19.4. The van der Waals surface area contributed by atoms with E-state index in [1.807, 2.05) is 0 Å². The van der Waals surface area contributed by atoms with Crippen LogP contribution in [0.4, 0.5) is 15.8 Å². The number of nitrogens with one attached hydrogen (secondary N) is 2. The van der Waals surface area contributed by atoms with Gasteiger partial charge >= 0.3 is 0 Å². The highest BCUT2D eigenvalue weighted by molar-refractivity contribution is 7.92. The van der Waals surface area contributed by atoms with E-state index in [2.05, 4.69) is 10.6 Å². The minimum absolute atomic E-state index is 0.0737. The van der Waals surface area contributed by atoms with Crippen LogP contribution in [-0.2, 0) is 19.4 Å². The lowest BCUT2D eigenvalue weighted by Crippen LogP contribution is -2.30. The van der Waals surface area contributed by atoms with Gasteiger partial charge in [-0.2, -0.15) is 0 Å². The van der Waals surface area contributed by atoms with Gasteiger partial charge in [0.2, 0.25) is 18.6 Å². The van der Waals surface area contributed by atoms with Gasteiger partial charge in [-0.05, 0) is 36.4 Å². The molecule has 1 aliphatic heterocycles. The highest BCUT2D eigenvalue weighted by atomic mass is 32.2. The Labute approximate surface area is 154 Å². The number of sulfone groups is 1. The third-order valence-corrected chi connectivity index (χ3v) is 4.89. The van der Waals surface area contributed by atoms with Gasteiger partial charge in [0, 0.05) is 17.4 Å². The number of anilines is 2. The van der Waals surface area contributed by atoms with Crippen LogP contribution in [-0.4, -0.2) is 38.5 Å². The Morgan fingerprint density at radius 1 is 0.889 bits per heavy atom. The quantitative estimate of drug-likeness (QED) is 0.769. The first-order valence-electron chi connectivity index (χ1n) is 7.76. The molecule has 0 saturated carbocycles. The first kappa shape index (κ1) is 18.6. The van der Waals surface area contributed by atoms with Gasteiger partial charge in [-0.1, -0.05) is 0 Å². The molecular weight excluding hydrogens is 379 g/mol. The van der Waals surface area contributed by atoms with Crippen LogP contribution in [0.3, 0.4) is 0 Å². The van der Waals surface area contributed by atoms with Crippen LogP contribution >= 0.6 is 0 Å². The molecule has 0 aromatic heterocycles. The minimum Gasteiger partial charge on any atom is -0.454 e. The Morgan fingerprint density at radius 2 is 1.44 bits per heavy atom. The normalized spacial score (nSPS) is 12.5. The second kappa shape index (κ2) is 7.62. The van der Waals surface area contributed by atoms with E-state index in [4.69, 9.17) is 9.47 Å². The van der Waals surface area contributed by atoms with Crippen LogP contribution in [0.1, 0.15) is 0 Å². The lowest BCUT2D eigenvalue weighted by molar-refractivity contribution is -0.114. The molecule has 2 aromatic rings. The fourth-order valence-electron chi connectivity index (χ4n) is 2.35. The van der Waals surface area contributed by atoms with Crippen LogP contribution in [0.15, 0.2) is 42.5 Å². The molecule has 0 aliphatic carbocycles. The maximum Gasteiger partial charge on any atom is 0.239 e.